The van der Waals surface area contributed by atoms with Gasteiger partial charge in [-0.25, -0.2) is 0 Å². The summed E-state index contributed by atoms with van der Waals surface area (Å²) >= 11 is 8.56. The van der Waals surface area contributed by atoms with Crippen molar-refractivity contribution in [3.63, 3.8) is 0 Å². The molecule has 0 aliphatic heterocycles. The second-order valence-electron chi connectivity index (χ2n) is 7.20. The van der Waals surface area contributed by atoms with Gasteiger partial charge in [0.25, 0.3) is 11.8 Å². The number of amides is 2. The molecule has 2 amide bonds. The normalized spacial score (nSPS) is 10.5. The number of rotatable bonds is 6. The molecule has 4 rings (SSSR count). The first kappa shape index (κ1) is 23.5. The van der Waals surface area contributed by atoms with E-state index >= 15 is 0 Å². The molecule has 4 aromatic rings. The largest absolute Gasteiger partial charge is 0.483 e. The molecule has 0 fully saturated rings. The number of halogens is 1. The van der Waals surface area contributed by atoms with Gasteiger partial charge >= 0.3 is 0 Å². The molecule has 0 heterocycles. The topological polar surface area (TPSA) is 88.7 Å². The van der Waals surface area contributed by atoms with Crippen LogP contribution in [-0.2, 0) is 9.59 Å². The van der Waals surface area contributed by atoms with Gasteiger partial charge in [-0.3, -0.25) is 25.8 Å². The van der Waals surface area contributed by atoms with Crippen LogP contribution in [0, 0.1) is 0 Å². The Labute approximate surface area is 209 Å². The number of hydrogen-bond acceptors (Lipinski definition) is 5. The van der Waals surface area contributed by atoms with Gasteiger partial charge in [0.05, 0.1) is 4.47 Å². The summed E-state index contributed by atoms with van der Waals surface area (Å²) in [6.45, 7) is -0.479. The second-order valence-corrected chi connectivity index (χ2v) is 8.41. The molecule has 0 aromatic heterocycles. The highest BCUT2D eigenvalue weighted by Gasteiger charge is 2.11. The van der Waals surface area contributed by atoms with E-state index in [2.05, 4.69) is 32.1 Å². The third kappa shape index (κ3) is 5.81. The van der Waals surface area contributed by atoms with E-state index in [0.29, 0.717) is 11.5 Å². The standard InChI is InChI=1S/C25H20BrN3O4S/c26-24-19-10-4-2-7-17(19)12-13-21(24)33-14-22(30)27-25(34)29-28-23(31)15-32-20-11-5-8-16-6-1-3-9-18(16)20/h1-13H,14-15H2,(H,28,31)(H2,27,29,30,34). The van der Waals surface area contributed by atoms with Crippen molar-refractivity contribution in [2.45, 2.75) is 0 Å². The zero-order valence-corrected chi connectivity index (χ0v) is 20.2. The van der Waals surface area contributed by atoms with E-state index in [1.165, 1.54) is 0 Å². The number of thiocarbonyl (C=S) groups is 1. The monoisotopic (exact) mass is 537 g/mol. The first-order valence-electron chi connectivity index (χ1n) is 10.3. The lowest BCUT2D eigenvalue weighted by Gasteiger charge is -2.13. The van der Waals surface area contributed by atoms with Crippen LogP contribution in [0.5, 0.6) is 11.5 Å². The Balaban J connectivity index is 1.21. The van der Waals surface area contributed by atoms with E-state index in [0.717, 1.165) is 26.0 Å². The van der Waals surface area contributed by atoms with Gasteiger partial charge in [0.1, 0.15) is 11.5 Å². The van der Waals surface area contributed by atoms with E-state index in [-0.39, 0.29) is 18.3 Å². The van der Waals surface area contributed by atoms with Crippen LogP contribution in [0.25, 0.3) is 21.5 Å². The fourth-order valence-electron chi connectivity index (χ4n) is 3.29. The molecule has 0 aliphatic carbocycles. The minimum Gasteiger partial charge on any atom is -0.483 e. The smallest absolute Gasteiger partial charge is 0.276 e. The Morgan fingerprint density at radius 2 is 1.32 bits per heavy atom. The minimum atomic E-state index is -0.473. The summed E-state index contributed by atoms with van der Waals surface area (Å²) < 4.78 is 12.0. The van der Waals surface area contributed by atoms with E-state index in [1.54, 1.807) is 12.1 Å². The minimum absolute atomic E-state index is 0.0651. The zero-order chi connectivity index (χ0) is 23.9. The fourth-order valence-corrected chi connectivity index (χ4v) is 4.06. The summed E-state index contributed by atoms with van der Waals surface area (Å²) in [5.74, 6) is 0.201. The van der Waals surface area contributed by atoms with Crippen LogP contribution in [-0.4, -0.2) is 30.1 Å². The molecule has 9 heteroatoms. The van der Waals surface area contributed by atoms with Gasteiger partial charge in [-0.2, -0.15) is 0 Å². The maximum absolute atomic E-state index is 12.2. The molecule has 34 heavy (non-hydrogen) atoms. The Kier molecular flexibility index (Phi) is 7.56. The number of hydrazine groups is 1. The molecule has 0 saturated carbocycles. The highest BCUT2D eigenvalue weighted by molar-refractivity contribution is 9.10. The predicted octanol–water partition coefficient (Wildman–Crippen LogP) is 4.24. The Morgan fingerprint density at radius 1 is 0.706 bits per heavy atom. The van der Waals surface area contributed by atoms with E-state index in [9.17, 15) is 9.59 Å². The molecular weight excluding hydrogens is 518 g/mol. The number of hydrogen-bond donors (Lipinski definition) is 3. The molecule has 0 bridgehead atoms. The summed E-state index contributed by atoms with van der Waals surface area (Å²) in [7, 11) is 0. The Bertz CT molecular complexity index is 1370. The van der Waals surface area contributed by atoms with Crippen molar-refractivity contribution in [2.24, 2.45) is 0 Å². The molecule has 172 valence electrons. The van der Waals surface area contributed by atoms with Crippen molar-refractivity contribution in [1.82, 2.24) is 16.2 Å². The van der Waals surface area contributed by atoms with Gasteiger partial charge in [0.15, 0.2) is 18.3 Å². The number of carbonyl (C=O) groups excluding carboxylic acids is 2. The van der Waals surface area contributed by atoms with Crippen LogP contribution >= 0.6 is 28.1 Å². The van der Waals surface area contributed by atoms with Crippen molar-refractivity contribution in [1.29, 1.82) is 0 Å². The van der Waals surface area contributed by atoms with E-state index in [1.807, 2.05) is 66.7 Å². The van der Waals surface area contributed by atoms with Crippen molar-refractivity contribution in [2.75, 3.05) is 13.2 Å². The Hall–Kier alpha value is -3.69. The lowest BCUT2D eigenvalue weighted by molar-refractivity contribution is -0.124. The van der Waals surface area contributed by atoms with Crippen molar-refractivity contribution in [3.8, 4) is 11.5 Å². The van der Waals surface area contributed by atoms with E-state index in [4.69, 9.17) is 21.7 Å². The molecule has 4 aromatic carbocycles. The van der Waals surface area contributed by atoms with Crippen LogP contribution in [0.1, 0.15) is 0 Å². The molecule has 0 aliphatic rings. The molecule has 0 unspecified atom stereocenters. The fraction of sp³-hybridized carbons (Fsp3) is 0.0800. The van der Waals surface area contributed by atoms with Crippen LogP contribution in [0.3, 0.4) is 0 Å². The molecular formula is C25H20BrN3O4S. The first-order chi connectivity index (χ1) is 16.5. The predicted molar refractivity (Wildman–Crippen MR) is 139 cm³/mol. The maximum Gasteiger partial charge on any atom is 0.276 e. The number of ether oxygens (including phenoxy) is 2. The third-order valence-electron chi connectivity index (χ3n) is 4.86. The number of nitrogens with one attached hydrogen (secondary N) is 3. The van der Waals surface area contributed by atoms with Gasteiger partial charge in [-0.1, -0.05) is 66.7 Å². The van der Waals surface area contributed by atoms with E-state index < -0.39 is 11.8 Å². The average molecular weight is 538 g/mol. The number of fused-ring (bicyclic) bond motifs is 2. The van der Waals surface area contributed by atoms with Gasteiger partial charge in [-0.05, 0) is 56.4 Å². The lowest BCUT2D eigenvalue weighted by Crippen LogP contribution is -2.50. The molecule has 3 N–H and O–H groups in total. The second kappa shape index (κ2) is 11.0. The quantitative estimate of drug-likeness (QED) is 0.252. The highest BCUT2D eigenvalue weighted by Crippen LogP contribution is 2.33. The summed E-state index contributed by atoms with van der Waals surface area (Å²) in [5, 5.41) is 6.33. The van der Waals surface area contributed by atoms with Gasteiger partial charge < -0.3 is 9.47 Å². The molecule has 0 saturated heterocycles. The SMILES string of the molecule is O=C(COc1cccc2ccccc12)NNC(=S)NC(=O)COc1ccc2ccccc2c1Br. The van der Waals surface area contributed by atoms with Gasteiger partial charge in [0.2, 0.25) is 0 Å². The molecule has 7 nitrogen and oxygen atoms in total. The van der Waals surface area contributed by atoms with Crippen LogP contribution in [0.4, 0.5) is 0 Å². The van der Waals surface area contributed by atoms with Crippen LogP contribution in [0.2, 0.25) is 0 Å². The lowest BCUT2D eigenvalue weighted by atomic mass is 10.1. The molecule has 0 atom stereocenters. The number of benzene rings is 4. The first-order valence-corrected chi connectivity index (χ1v) is 11.5. The van der Waals surface area contributed by atoms with Crippen molar-refractivity contribution in [3.05, 3.63) is 83.3 Å². The number of carbonyl (C=O) groups is 2. The summed E-state index contributed by atoms with van der Waals surface area (Å²) in [5.41, 5.74) is 4.87. The summed E-state index contributed by atoms with van der Waals surface area (Å²) in [6, 6.07) is 24.9. The highest BCUT2D eigenvalue weighted by atomic mass is 79.9. The average Bonchev–Trinajstić information content (AvgIpc) is 2.86. The maximum atomic E-state index is 12.2. The third-order valence-corrected chi connectivity index (χ3v) is 5.89. The van der Waals surface area contributed by atoms with Crippen molar-refractivity contribution < 1.29 is 19.1 Å². The molecule has 0 spiro atoms. The summed E-state index contributed by atoms with van der Waals surface area (Å²) in [4.78, 5) is 24.3. The van der Waals surface area contributed by atoms with Crippen molar-refractivity contribution >= 4 is 66.6 Å². The summed E-state index contributed by atoms with van der Waals surface area (Å²) in [6.07, 6.45) is 0. The zero-order valence-electron chi connectivity index (χ0n) is 17.8. The molecule has 0 radical (unpaired) electrons. The van der Waals surface area contributed by atoms with Gasteiger partial charge in [-0.15, -0.1) is 0 Å². The van der Waals surface area contributed by atoms with Crippen LogP contribution < -0.4 is 25.6 Å². The van der Waals surface area contributed by atoms with Gasteiger partial charge in [0, 0.05) is 5.39 Å². The Morgan fingerprint density at radius 3 is 2.12 bits per heavy atom. The van der Waals surface area contributed by atoms with Crippen LogP contribution in [0.15, 0.2) is 83.3 Å².